The smallest absolute Gasteiger partial charge is 0.261 e. The van der Waals surface area contributed by atoms with Gasteiger partial charge >= 0.3 is 0 Å². The van der Waals surface area contributed by atoms with E-state index in [1.165, 1.54) is 12.1 Å². The lowest BCUT2D eigenvalue weighted by Gasteiger charge is -2.10. The van der Waals surface area contributed by atoms with Crippen molar-refractivity contribution in [1.29, 1.82) is 0 Å². The van der Waals surface area contributed by atoms with Gasteiger partial charge in [-0.25, -0.2) is 13.4 Å². The van der Waals surface area contributed by atoms with Gasteiger partial charge in [0.2, 0.25) is 0 Å². The summed E-state index contributed by atoms with van der Waals surface area (Å²) in [5.74, 6) is 1.43. The van der Waals surface area contributed by atoms with Crippen LogP contribution in [0.5, 0.6) is 5.75 Å². The predicted octanol–water partition coefficient (Wildman–Crippen LogP) is 2.72. The van der Waals surface area contributed by atoms with Crippen molar-refractivity contribution >= 4 is 19.7 Å². The molecule has 0 unspecified atom stereocenters. The van der Waals surface area contributed by atoms with Crippen LogP contribution in [0.25, 0.3) is 0 Å². The van der Waals surface area contributed by atoms with Gasteiger partial charge in [-0.1, -0.05) is 0 Å². The average molecular weight is 315 g/mol. The summed E-state index contributed by atoms with van der Waals surface area (Å²) >= 11 is 0. The van der Waals surface area contributed by atoms with Gasteiger partial charge in [0.15, 0.2) is 0 Å². The molecule has 5 nitrogen and oxygen atoms in total. The largest absolute Gasteiger partial charge is 0.485 e. The highest BCUT2D eigenvalue weighted by molar-refractivity contribution is 8.13. The van der Waals surface area contributed by atoms with E-state index in [2.05, 4.69) is 4.98 Å². The zero-order valence-corrected chi connectivity index (χ0v) is 12.8. The number of nitrogens with zero attached hydrogens (tertiary/aromatic N) is 2. The first-order valence-electron chi connectivity index (χ1n) is 6.10. The fraction of sp³-hybridized carbons (Fsp3) is 0.308. The molecule has 0 saturated heterocycles. The molecule has 0 spiro atoms. The Morgan fingerprint density at radius 2 is 2.15 bits per heavy atom. The number of imidazole rings is 1. The maximum absolute atomic E-state index is 11.2. The van der Waals surface area contributed by atoms with Crippen molar-refractivity contribution in [3.63, 3.8) is 0 Å². The predicted molar refractivity (Wildman–Crippen MR) is 76.5 cm³/mol. The molecule has 0 fully saturated rings. The van der Waals surface area contributed by atoms with Gasteiger partial charge in [0.1, 0.15) is 18.2 Å². The van der Waals surface area contributed by atoms with Crippen LogP contribution in [0.1, 0.15) is 18.3 Å². The molecule has 7 heteroatoms. The lowest BCUT2D eigenvalue weighted by Crippen LogP contribution is -2.06. The maximum Gasteiger partial charge on any atom is 0.261 e. The summed E-state index contributed by atoms with van der Waals surface area (Å²) in [6.45, 7) is 4.94. The molecule has 1 aromatic heterocycles. The summed E-state index contributed by atoms with van der Waals surface area (Å²) in [7, 11) is 1.59. The quantitative estimate of drug-likeness (QED) is 0.796. The third-order valence-corrected chi connectivity index (χ3v) is 4.28. The van der Waals surface area contributed by atoms with Crippen LogP contribution in [0.3, 0.4) is 0 Å². The minimum absolute atomic E-state index is 0.0686. The van der Waals surface area contributed by atoms with Crippen LogP contribution in [0, 0.1) is 6.92 Å². The monoisotopic (exact) mass is 314 g/mol. The molecule has 1 aromatic carbocycles. The van der Waals surface area contributed by atoms with Crippen LogP contribution < -0.4 is 4.74 Å². The van der Waals surface area contributed by atoms with Gasteiger partial charge < -0.3 is 9.30 Å². The lowest BCUT2D eigenvalue weighted by molar-refractivity contribution is 0.288. The van der Waals surface area contributed by atoms with E-state index in [0.717, 1.165) is 12.4 Å². The zero-order chi connectivity index (χ0) is 14.8. The van der Waals surface area contributed by atoms with E-state index >= 15 is 0 Å². The van der Waals surface area contributed by atoms with Gasteiger partial charge in [-0.3, -0.25) is 0 Å². The number of halogens is 1. The third kappa shape index (κ3) is 3.32. The van der Waals surface area contributed by atoms with Crippen LogP contribution >= 0.6 is 10.7 Å². The van der Waals surface area contributed by atoms with Crippen molar-refractivity contribution in [2.45, 2.75) is 31.9 Å². The van der Waals surface area contributed by atoms with Gasteiger partial charge in [0.25, 0.3) is 9.05 Å². The number of aryl methyl sites for hydroxylation is 2. The molecule has 0 saturated carbocycles. The summed E-state index contributed by atoms with van der Waals surface area (Å²) in [6.07, 6.45) is 3.60. The molecule has 0 aliphatic carbocycles. The van der Waals surface area contributed by atoms with E-state index in [4.69, 9.17) is 15.4 Å². The Balaban J connectivity index is 2.15. The number of rotatable bonds is 5. The molecule has 0 radical (unpaired) electrons. The lowest BCUT2D eigenvalue weighted by atomic mass is 10.2. The first-order chi connectivity index (χ1) is 9.41. The Hall–Kier alpha value is -1.53. The minimum atomic E-state index is -3.71. The SMILES string of the molecule is CCn1ccnc1COc1ccc(S(=O)(=O)Cl)cc1C. The van der Waals surface area contributed by atoms with Crippen LogP contribution in [0.4, 0.5) is 0 Å². The number of benzene rings is 1. The molecule has 1 heterocycles. The first kappa shape index (κ1) is 14.9. The number of hydrogen-bond acceptors (Lipinski definition) is 4. The van der Waals surface area contributed by atoms with Crippen LogP contribution in [0.2, 0.25) is 0 Å². The molecule has 2 aromatic rings. The molecule has 0 bridgehead atoms. The topological polar surface area (TPSA) is 61.2 Å². The zero-order valence-electron chi connectivity index (χ0n) is 11.2. The van der Waals surface area contributed by atoms with Gasteiger partial charge in [-0.15, -0.1) is 0 Å². The highest BCUT2D eigenvalue weighted by Gasteiger charge is 2.12. The van der Waals surface area contributed by atoms with E-state index in [1.54, 1.807) is 19.2 Å². The second-order valence-corrected chi connectivity index (χ2v) is 6.85. The third-order valence-electron chi connectivity index (χ3n) is 2.93. The van der Waals surface area contributed by atoms with Gasteiger partial charge in [0.05, 0.1) is 4.90 Å². The highest BCUT2D eigenvalue weighted by atomic mass is 35.7. The van der Waals surface area contributed by atoms with Crippen molar-refractivity contribution in [3.8, 4) is 5.75 Å². The van der Waals surface area contributed by atoms with Gasteiger partial charge in [-0.2, -0.15) is 0 Å². The summed E-state index contributed by atoms with van der Waals surface area (Å²) in [4.78, 5) is 4.28. The van der Waals surface area contributed by atoms with Crippen LogP contribution in [-0.4, -0.2) is 18.0 Å². The molecule has 0 aliphatic heterocycles. The Morgan fingerprint density at radius 3 is 2.75 bits per heavy atom. The van der Waals surface area contributed by atoms with E-state index in [1.807, 2.05) is 17.7 Å². The fourth-order valence-corrected chi connectivity index (χ4v) is 2.68. The van der Waals surface area contributed by atoms with Crippen LogP contribution in [-0.2, 0) is 22.2 Å². The molecular weight excluding hydrogens is 300 g/mol. The van der Waals surface area contributed by atoms with Gasteiger partial charge in [-0.05, 0) is 37.6 Å². The number of ether oxygens (including phenoxy) is 1. The maximum atomic E-state index is 11.2. The standard InChI is InChI=1S/C13H15ClN2O3S/c1-3-16-7-6-15-13(16)9-19-12-5-4-11(8-10(12)2)20(14,17)18/h4-8H,3,9H2,1-2H3. The summed E-state index contributed by atoms with van der Waals surface area (Å²) in [5.41, 5.74) is 0.710. The first-order valence-corrected chi connectivity index (χ1v) is 8.41. The normalized spacial score (nSPS) is 11.6. The average Bonchev–Trinajstić information content (AvgIpc) is 2.83. The molecule has 0 aliphatic rings. The molecule has 0 amide bonds. The summed E-state index contributed by atoms with van der Waals surface area (Å²) in [6, 6.07) is 4.52. The Labute approximate surface area is 122 Å². The molecule has 0 atom stereocenters. The van der Waals surface area contributed by atoms with Crippen molar-refractivity contribution in [3.05, 3.63) is 42.0 Å². The van der Waals surface area contributed by atoms with Crippen molar-refractivity contribution in [2.24, 2.45) is 0 Å². The fourth-order valence-electron chi connectivity index (χ4n) is 1.85. The van der Waals surface area contributed by atoms with E-state index in [0.29, 0.717) is 17.9 Å². The molecule has 2 rings (SSSR count). The minimum Gasteiger partial charge on any atom is -0.485 e. The second kappa shape index (κ2) is 5.85. The van der Waals surface area contributed by atoms with E-state index in [-0.39, 0.29) is 4.90 Å². The summed E-state index contributed by atoms with van der Waals surface area (Å²) in [5, 5.41) is 0. The van der Waals surface area contributed by atoms with Crippen molar-refractivity contribution in [2.75, 3.05) is 0 Å². The summed E-state index contributed by atoms with van der Waals surface area (Å²) < 4.78 is 30.1. The number of aromatic nitrogens is 2. The van der Waals surface area contributed by atoms with Crippen molar-refractivity contribution < 1.29 is 13.2 Å². The van der Waals surface area contributed by atoms with Crippen molar-refractivity contribution in [1.82, 2.24) is 9.55 Å². The number of hydrogen-bond donors (Lipinski definition) is 0. The molecule has 20 heavy (non-hydrogen) atoms. The Morgan fingerprint density at radius 1 is 1.40 bits per heavy atom. The Kier molecular flexibility index (Phi) is 4.35. The Bertz CT molecular complexity index is 710. The second-order valence-electron chi connectivity index (χ2n) is 4.28. The van der Waals surface area contributed by atoms with Crippen LogP contribution in [0.15, 0.2) is 35.5 Å². The van der Waals surface area contributed by atoms with Gasteiger partial charge in [0, 0.05) is 29.6 Å². The highest BCUT2D eigenvalue weighted by Crippen LogP contribution is 2.24. The molecule has 108 valence electrons. The molecular formula is C13H15ClN2O3S. The van der Waals surface area contributed by atoms with E-state index in [9.17, 15) is 8.42 Å². The van der Waals surface area contributed by atoms with E-state index < -0.39 is 9.05 Å². The molecule has 0 N–H and O–H groups in total.